The van der Waals surface area contributed by atoms with E-state index in [1.54, 1.807) is 0 Å². The van der Waals surface area contributed by atoms with Crippen LogP contribution in [0.5, 0.6) is 0 Å². The molecule has 120 valence electrons. The maximum atomic E-state index is 2.78. The molecule has 0 bridgehead atoms. The molecule has 4 aliphatic rings. The minimum Gasteiger partial charge on any atom is -0.303 e. The quantitative estimate of drug-likeness (QED) is 0.402. The van der Waals surface area contributed by atoms with Gasteiger partial charge in [-0.1, -0.05) is 36.4 Å². The fourth-order valence-corrected chi connectivity index (χ4v) is 8.45. The molecule has 3 saturated carbocycles. The summed E-state index contributed by atoms with van der Waals surface area (Å²) in [4.78, 5) is 2.71. The molecule has 0 N–H and O–H groups in total. The maximum absolute atomic E-state index is 2.78. The number of alkyl halides is 1. The second kappa shape index (κ2) is 5.09. The third-order valence-corrected chi connectivity index (χ3v) is 10.5. The Balaban J connectivity index is 1.65. The topological polar surface area (TPSA) is 3.24 Å². The molecular weight excluding hydrogens is 369 g/mol. The fraction of sp³-hybridized carbons (Fsp3) is 1.00. The van der Waals surface area contributed by atoms with Crippen LogP contribution >= 0.6 is 22.6 Å². The lowest BCUT2D eigenvalue weighted by molar-refractivity contribution is -0.115. The predicted octanol–water partition coefficient (Wildman–Crippen LogP) is 5.13. The van der Waals surface area contributed by atoms with Crippen molar-refractivity contribution in [2.75, 3.05) is 13.6 Å². The molecule has 2 heteroatoms. The first-order valence-electron chi connectivity index (χ1n) is 9.31. The van der Waals surface area contributed by atoms with Crippen LogP contribution in [0.1, 0.15) is 65.2 Å². The van der Waals surface area contributed by atoms with Crippen molar-refractivity contribution < 1.29 is 0 Å². The Hall–Kier alpha value is 0.690. The number of likely N-dealkylation sites (tertiary alicyclic amines) is 1. The summed E-state index contributed by atoms with van der Waals surface area (Å²) in [7, 11) is 2.39. The minimum atomic E-state index is 0.626. The van der Waals surface area contributed by atoms with Gasteiger partial charge >= 0.3 is 0 Å². The normalized spacial score (nSPS) is 57.4. The van der Waals surface area contributed by atoms with Gasteiger partial charge in [-0.3, -0.25) is 0 Å². The number of nitrogens with zero attached hydrogens (tertiary/aromatic N) is 1. The molecule has 3 aliphatic carbocycles. The third-order valence-electron chi connectivity index (χ3n) is 8.46. The molecule has 0 amide bonds. The zero-order valence-electron chi connectivity index (χ0n) is 14.1. The summed E-state index contributed by atoms with van der Waals surface area (Å²) in [5.74, 6) is 3.12. The molecule has 2 unspecified atom stereocenters. The van der Waals surface area contributed by atoms with Crippen LogP contribution in [0, 0.1) is 28.6 Å². The van der Waals surface area contributed by atoms with Crippen molar-refractivity contribution in [3.63, 3.8) is 0 Å². The lowest BCUT2D eigenvalue weighted by Crippen LogP contribution is -2.60. The monoisotopic (exact) mass is 401 g/mol. The van der Waals surface area contributed by atoms with E-state index < -0.39 is 0 Å². The Bertz CT molecular complexity index is 424. The summed E-state index contributed by atoms with van der Waals surface area (Å²) in [6, 6.07) is 0.883. The Morgan fingerprint density at radius 2 is 1.67 bits per heavy atom. The zero-order chi connectivity index (χ0) is 14.8. The standard InChI is InChI=1S/C19H32IN/c1-18-11-9-15-13(14(18)6-7-16(18)20)5-8-17-19(15,2)10-4-12-21(17)3/h13-17H,4-12H2,1-3H3/t13-,14-,15+,16?,17?,18-,19+/m0/s1. The van der Waals surface area contributed by atoms with Crippen molar-refractivity contribution in [1.29, 1.82) is 0 Å². The van der Waals surface area contributed by atoms with E-state index >= 15 is 0 Å². The Labute approximate surface area is 144 Å². The van der Waals surface area contributed by atoms with Crippen molar-refractivity contribution >= 4 is 22.6 Å². The Morgan fingerprint density at radius 1 is 0.905 bits per heavy atom. The molecule has 1 aliphatic heterocycles. The van der Waals surface area contributed by atoms with Gasteiger partial charge in [-0.05, 0) is 93.5 Å². The summed E-state index contributed by atoms with van der Waals surface area (Å²) < 4.78 is 0.945. The highest BCUT2D eigenvalue weighted by molar-refractivity contribution is 14.1. The fourth-order valence-electron chi connectivity index (χ4n) is 7.31. The first-order chi connectivity index (χ1) is 9.97. The van der Waals surface area contributed by atoms with E-state index in [1.165, 1.54) is 57.9 Å². The summed E-state index contributed by atoms with van der Waals surface area (Å²) in [6.45, 7) is 6.65. The number of fused-ring (bicyclic) bond motifs is 5. The number of halogens is 1. The smallest absolute Gasteiger partial charge is 0.0166 e. The highest BCUT2D eigenvalue weighted by Crippen LogP contribution is 2.65. The van der Waals surface area contributed by atoms with E-state index in [-0.39, 0.29) is 0 Å². The molecule has 1 nitrogen and oxygen atoms in total. The second-order valence-corrected chi connectivity index (χ2v) is 10.7. The molecule has 0 aromatic rings. The van der Waals surface area contributed by atoms with Gasteiger partial charge in [-0.15, -0.1) is 0 Å². The van der Waals surface area contributed by atoms with Gasteiger partial charge in [0.25, 0.3) is 0 Å². The molecule has 0 spiro atoms. The maximum Gasteiger partial charge on any atom is 0.0166 e. The van der Waals surface area contributed by atoms with Crippen LogP contribution in [0.15, 0.2) is 0 Å². The van der Waals surface area contributed by atoms with E-state index in [0.29, 0.717) is 10.8 Å². The second-order valence-electron chi connectivity index (χ2n) is 9.15. The third kappa shape index (κ3) is 2.03. The van der Waals surface area contributed by atoms with Gasteiger partial charge < -0.3 is 4.90 Å². The summed E-state index contributed by atoms with van der Waals surface area (Å²) >= 11 is 2.78. The lowest BCUT2D eigenvalue weighted by Gasteiger charge is -2.62. The van der Waals surface area contributed by atoms with Crippen molar-refractivity contribution in [3.05, 3.63) is 0 Å². The van der Waals surface area contributed by atoms with Crippen molar-refractivity contribution in [3.8, 4) is 0 Å². The number of hydrogen-bond donors (Lipinski definition) is 0. The van der Waals surface area contributed by atoms with Gasteiger partial charge in [0.1, 0.15) is 0 Å². The molecule has 1 saturated heterocycles. The molecular formula is C19H32IN. The Morgan fingerprint density at radius 3 is 2.48 bits per heavy atom. The molecule has 0 aromatic heterocycles. The van der Waals surface area contributed by atoms with Crippen LogP contribution in [0.25, 0.3) is 0 Å². The van der Waals surface area contributed by atoms with E-state index in [9.17, 15) is 0 Å². The van der Waals surface area contributed by atoms with Crippen LogP contribution in [0.3, 0.4) is 0 Å². The van der Waals surface area contributed by atoms with E-state index in [1.807, 2.05) is 0 Å². The summed E-state index contributed by atoms with van der Waals surface area (Å²) in [5.41, 5.74) is 1.30. The van der Waals surface area contributed by atoms with Crippen LogP contribution in [0.4, 0.5) is 0 Å². The largest absolute Gasteiger partial charge is 0.303 e. The first-order valence-corrected chi connectivity index (χ1v) is 10.6. The molecule has 4 rings (SSSR count). The predicted molar refractivity (Wildman–Crippen MR) is 97.8 cm³/mol. The summed E-state index contributed by atoms with van der Waals surface area (Å²) in [6.07, 6.45) is 12.0. The van der Waals surface area contributed by atoms with Crippen molar-refractivity contribution in [2.24, 2.45) is 28.6 Å². The van der Waals surface area contributed by atoms with Crippen LogP contribution < -0.4 is 0 Å². The van der Waals surface area contributed by atoms with Crippen LogP contribution in [-0.2, 0) is 0 Å². The Kier molecular flexibility index (Phi) is 3.69. The zero-order valence-corrected chi connectivity index (χ0v) is 16.2. The average Bonchev–Trinajstić information content (AvgIpc) is 2.75. The average molecular weight is 401 g/mol. The van der Waals surface area contributed by atoms with Gasteiger partial charge in [0.15, 0.2) is 0 Å². The van der Waals surface area contributed by atoms with Gasteiger partial charge in [0, 0.05) is 9.97 Å². The van der Waals surface area contributed by atoms with E-state index in [0.717, 1.165) is 27.7 Å². The lowest BCUT2D eigenvalue weighted by atomic mass is 9.47. The first kappa shape index (κ1) is 15.2. The van der Waals surface area contributed by atoms with Crippen LogP contribution in [0.2, 0.25) is 0 Å². The molecule has 4 fully saturated rings. The highest BCUT2D eigenvalue weighted by atomic mass is 127. The SMILES string of the molecule is CN1CCC[C@@]2(C)C1CC[C@@H]1[C@H]2CC[C@]2(C)C(I)CC[C@@H]12. The van der Waals surface area contributed by atoms with Gasteiger partial charge in [0.05, 0.1) is 0 Å². The molecule has 0 radical (unpaired) electrons. The van der Waals surface area contributed by atoms with Crippen molar-refractivity contribution in [1.82, 2.24) is 4.90 Å². The minimum absolute atomic E-state index is 0.626. The number of hydrogen-bond acceptors (Lipinski definition) is 1. The van der Waals surface area contributed by atoms with Crippen molar-refractivity contribution in [2.45, 2.75) is 75.2 Å². The van der Waals surface area contributed by atoms with Gasteiger partial charge in [0.2, 0.25) is 0 Å². The molecule has 7 atom stereocenters. The van der Waals surface area contributed by atoms with E-state index in [2.05, 4.69) is 48.4 Å². The van der Waals surface area contributed by atoms with Crippen LogP contribution in [-0.4, -0.2) is 28.5 Å². The number of rotatable bonds is 0. The highest BCUT2D eigenvalue weighted by Gasteiger charge is 2.59. The van der Waals surface area contributed by atoms with E-state index in [4.69, 9.17) is 0 Å². The van der Waals surface area contributed by atoms with Gasteiger partial charge in [-0.2, -0.15) is 0 Å². The molecule has 0 aromatic carbocycles. The number of piperidine rings is 1. The summed E-state index contributed by atoms with van der Waals surface area (Å²) in [5, 5.41) is 0. The molecule has 21 heavy (non-hydrogen) atoms. The molecule has 1 heterocycles. The van der Waals surface area contributed by atoms with Gasteiger partial charge in [-0.25, -0.2) is 0 Å².